The number of nitrogens with zero attached hydrogens (tertiary/aromatic N) is 1. The molecule has 2 aromatic carbocycles. The van der Waals surface area contributed by atoms with Crippen molar-refractivity contribution in [2.75, 3.05) is 20.8 Å². The minimum Gasteiger partial charge on any atom is -0.493 e. The Bertz CT molecular complexity index is 898. The summed E-state index contributed by atoms with van der Waals surface area (Å²) in [7, 11) is 3.81. The standard InChI is InChI=1S/C21H23ClN2O2/c1-4-26-19-10-9-15(11-20(19)25-3)13-24(2)14-17-12-16-7-5-6-8-18(16)23-21(17)22/h5-12H,4,13-14H2,1-3H3/p+1. The largest absolute Gasteiger partial charge is 0.493 e. The van der Waals surface area contributed by atoms with Crippen LogP contribution in [0.25, 0.3) is 10.9 Å². The van der Waals surface area contributed by atoms with Gasteiger partial charge in [0.05, 0.1) is 26.3 Å². The van der Waals surface area contributed by atoms with Gasteiger partial charge >= 0.3 is 0 Å². The Morgan fingerprint density at radius 3 is 2.62 bits per heavy atom. The molecule has 0 bridgehead atoms. The lowest BCUT2D eigenvalue weighted by atomic mass is 10.1. The summed E-state index contributed by atoms with van der Waals surface area (Å²) in [6.07, 6.45) is 0. The molecule has 0 amide bonds. The lowest BCUT2D eigenvalue weighted by Crippen LogP contribution is -3.06. The second-order valence-corrected chi connectivity index (χ2v) is 6.72. The number of hydrogen-bond donors (Lipinski definition) is 1. The summed E-state index contributed by atoms with van der Waals surface area (Å²) in [4.78, 5) is 5.83. The van der Waals surface area contributed by atoms with Gasteiger partial charge in [0.25, 0.3) is 0 Å². The van der Waals surface area contributed by atoms with Gasteiger partial charge in [-0.25, -0.2) is 4.98 Å². The summed E-state index contributed by atoms with van der Waals surface area (Å²) in [5.74, 6) is 1.54. The molecule has 1 unspecified atom stereocenters. The molecule has 136 valence electrons. The highest BCUT2D eigenvalue weighted by molar-refractivity contribution is 6.30. The number of pyridine rings is 1. The molecule has 0 aliphatic heterocycles. The van der Waals surface area contributed by atoms with Crippen LogP contribution in [0.3, 0.4) is 0 Å². The van der Waals surface area contributed by atoms with E-state index in [1.54, 1.807) is 7.11 Å². The van der Waals surface area contributed by atoms with Gasteiger partial charge in [0.2, 0.25) is 0 Å². The zero-order chi connectivity index (χ0) is 18.5. The number of halogens is 1. The fourth-order valence-electron chi connectivity index (χ4n) is 3.09. The van der Waals surface area contributed by atoms with Gasteiger partial charge in [-0.05, 0) is 37.3 Å². The first kappa shape index (κ1) is 18.5. The molecule has 0 aliphatic carbocycles. The predicted molar refractivity (Wildman–Crippen MR) is 105 cm³/mol. The van der Waals surface area contributed by atoms with Crippen molar-refractivity contribution < 1.29 is 14.4 Å². The van der Waals surface area contributed by atoms with E-state index in [1.807, 2.05) is 37.3 Å². The molecular weight excluding hydrogens is 348 g/mol. The average Bonchev–Trinajstić information content (AvgIpc) is 2.63. The summed E-state index contributed by atoms with van der Waals surface area (Å²) in [5, 5.41) is 1.69. The summed E-state index contributed by atoms with van der Waals surface area (Å²) in [5.41, 5.74) is 3.17. The molecule has 0 saturated carbocycles. The number of nitrogens with one attached hydrogen (secondary N) is 1. The zero-order valence-corrected chi connectivity index (χ0v) is 16.1. The monoisotopic (exact) mass is 371 g/mol. The number of ether oxygens (including phenoxy) is 2. The minimum absolute atomic E-state index is 0.576. The second-order valence-electron chi connectivity index (χ2n) is 6.36. The highest BCUT2D eigenvalue weighted by Crippen LogP contribution is 2.27. The fraction of sp³-hybridized carbons (Fsp3) is 0.286. The van der Waals surface area contributed by atoms with Gasteiger partial charge in [0.1, 0.15) is 18.2 Å². The van der Waals surface area contributed by atoms with Crippen LogP contribution in [0.4, 0.5) is 0 Å². The fourth-order valence-corrected chi connectivity index (χ4v) is 3.31. The van der Waals surface area contributed by atoms with Crippen LogP contribution in [0, 0.1) is 0 Å². The van der Waals surface area contributed by atoms with Crippen LogP contribution >= 0.6 is 11.6 Å². The van der Waals surface area contributed by atoms with Crippen LogP contribution in [-0.4, -0.2) is 25.7 Å². The summed E-state index contributed by atoms with van der Waals surface area (Å²) in [6.45, 7) is 4.24. The maximum Gasteiger partial charge on any atom is 0.161 e. The Hall–Kier alpha value is -2.30. The number of hydrogen-bond acceptors (Lipinski definition) is 3. The zero-order valence-electron chi connectivity index (χ0n) is 15.4. The third kappa shape index (κ3) is 4.26. The van der Waals surface area contributed by atoms with Crippen LogP contribution < -0.4 is 14.4 Å². The van der Waals surface area contributed by atoms with Crippen molar-refractivity contribution in [3.8, 4) is 11.5 Å². The van der Waals surface area contributed by atoms with E-state index in [0.717, 1.165) is 41.1 Å². The van der Waals surface area contributed by atoms with Gasteiger partial charge < -0.3 is 14.4 Å². The van der Waals surface area contributed by atoms with Crippen LogP contribution in [0.5, 0.6) is 11.5 Å². The Labute approximate surface area is 159 Å². The van der Waals surface area contributed by atoms with Crippen molar-refractivity contribution in [2.24, 2.45) is 0 Å². The molecule has 1 aromatic heterocycles. The van der Waals surface area contributed by atoms with Crippen molar-refractivity contribution in [3.05, 3.63) is 64.8 Å². The first-order chi connectivity index (χ1) is 12.6. The van der Waals surface area contributed by atoms with E-state index in [0.29, 0.717) is 11.8 Å². The molecule has 3 aromatic rings. The summed E-state index contributed by atoms with van der Waals surface area (Å²) < 4.78 is 11.0. The Morgan fingerprint density at radius 2 is 1.85 bits per heavy atom. The van der Waals surface area contributed by atoms with Gasteiger partial charge in [-0.2, -0.15) is 0 Å². The molecule has 0 aliphatic rings. The number of benzene rings is 2. The number of fused-ring (bicyclic) bond motifs is 1. The van der Waals surface area contributed by atoms with Crippen LogP contribution in [0.15, 0.2) is 48.5 Å². The lowest BCUT2D eigenvalue weighted by molar-refractivity contribution is -0.907. The number of rotatable bonds is 7. The van der Waals surface area contributed by atoms with Crippen molar-refractivity contribution in [2.45, 2.75) is 20.0 Å². The molecule has 0 radical (unpaired) electrons. The third-order valence-electron chi connectivity index (χ3n) is 4.28. The smallest absolute Gasteiger partial charge is 0.161 e. The number of para-hydroxylation sites is 1. The summed E-state index contributed by atoms with van der Waals surface area (Å²) >= 11 is 6.39. The molecule has 3 rings (SSSR count). The molecule has 5 heteroatoms. The van der Waals surface area contributed by atoms with Crippen LogP contribution in [-0.2, 0) is 13.1 Å². The van der Waals surface area contributed by atoms with E-state index < -0.39 is 0 Å². The van der Waals surface area contributed by atoms with Gasteiger partial charge in [-0.3, -0.25) is 0 Å². The first-order valence-corrected chi connectivity index (χ1v) is 9.13. The van der Waals surface area contributed by atoms with Gasteiger partial charge in [-0.1, -0.05) is 29.8 Å². The van der Waals surface area contributed by atoms with Gasteiger partial charge in [0.15, 0.2) is 11.5 Å². The normalized spacial score (nSPS) is 12.2. The third-order valence-corrected chi connectivity index (χ3v) is 4.60. The maximum atomic E-state index is 6.39. The van der Waals surface area contributed by atoms with E-state index in [2.05, 4.69) is 30.2 Å². The molecular formula is C21H24ClN2O2+. The van der Waals surface area contributed by atoms with E-state index >= 15 is 0 Å². The first-order valence-electron chi connectivity index (χ1n) is 8.76. The highest BCUT2D eigenvalue weighted by atomic mass is 35.5. The number of methoxy groups -OCH3 is 1. The van der Waals surface area contributed by atoms with Crippen LogP contribution in [0.2, 0.25) is 5.15 Å². The number of quaternary nitrogens is 1. The second kappa shape index (κ2) is 8.39. The SMILES string of the molecule is CCOc1ccc(C[NH+](C)Cc2cc3ccccc3nc2Cl)cc1OC. The molecule has 0 spiro atoms. The molecule has 0 saturated heterocycles. The Balaban J connectivity index is 1.74. The highest BCUT2D eigenvalue weighted by Gasteiger charge is 2.13. The molecule has 0 fully saturated rings. The quantitative estimate of drug-likeness (QED) is 0.645. The topological polar surface area (TPSA) is 35.8 Å². The van der Waals surface area contributed by atoms with Gasteiger partial charge in [0, 0.05) is 16.5 Å². The van der Waals surface area contributed by atoms with E-state index in [-0.39, 0.29) is 0 Å². The Kier molecular flexibility index (Phi) is 5.96. The lowest BCUT2D eigenvalue weighted by Gasteiger charge is -2.16. The van der Waals surface area contributed by atoms with Crippen molar-refractivity contribution in [3.63, 3.8) is 0 Å². The molecule has 1 atom stereocenters. The van der Waals surface area contributed by atoms with Crippen molar-refractivity contribution >= 4 is 22.5 Å². The van der Waals surface area contributed by atoms with Gasteiger partial charge in [-0.15, -0.1) is 0 Å². The van der Waals surface area contributed by atoms with E-state index in [4.69, 9.17) is 21.1 Å². The molecule has 1 N–H and O–H groups in total. The average molecular weight is 372 g/mol. The summed E-state index contributed by atoms with van der Waals surface area (Å²) in [6, 6.07) is 16.3. The van der Waals surface area contributed by atoms with Crippen molar-refractivity contribution in [1.29, 1.82) is 0 Å². The predicted octanol–water partition coefficient (Wildman–Crippen LogP) is 3.51. The minimum atomic E-state index is 0.576. The van der Waals surface area contributed by atoms with E-state index in [1.165, 1.54) is 10.5 Å². The number of aromatic nitrogens is 1. The van der Waals surface area contributed by atoms with Crippen LogP contribution in [0.1, 0.15) is 18.1 Å². The molecule has 26 heavy (non-hydrogen) atoms. The molecule has 1 heterocycles. The Morgan fingerprint density at radius 1 is 1.04 bits per heavy atom. The maximum absolute atomic E-state index is 6.39. The molecule has 4 nitrogen and oxygen atoms in total. The van der Waals surface area contributed by atoms with E-state index in [9.17, 15) is 0 Å². The van der Waals surface area contributed by atoms with Crippen molar-refractivity contribution in [1.82, 2.24) is 4.98 Å².